The first kappa shape index (κ1) is 14.3. The van der Waals surface area contributed by atoms with Crippen LogP contribution in [0.25, 0.3) is 0 Å². The van der Waals surface area contributed by atoms with Gasteiger partial charge in [-0.05, 0) is 36.4 Å². The van der Waals surface area contributed by atoms with Crippen molar-refractivity contribution >= 4 is 17.3 Å². The molecule has 6 heteroatoms. The van der Waals surface area contributed by atoms with Crippen LogP contribution in [0, 0.1) is 5.82 Å². The Morgan fingerprint density at radius 2 is 1.73 bits per heavy atom. The van der Waals surface area contributed by atoms with Gasteiger partial charge in [0.05, 0.1) is 11.9 Å². The van der Waals surface area contributed by atoms with Gasteiger partial charge < -0.3 is 15.5 Å². The summed E-state index contributed by atoms with van der Waals surface area (Å²) < 4.78 is 13.0. The van der Waals surface area contributed by atoms with Gasteiger partial charge >= 0.3 is 0 Å². The van der Waals surface area contributed by atoms with E-state index < -0.39 is 0 Å². The highest BCUT2D eigenvalue weighted by Crippen LogP contribution is 2.17. The molecule has 1 aliphatic rings. The topological polar surface area (TPSA) is 62.5 Å². The quantitative estimate of drug-likeness (QED) is 0.918. The molecular weight excluding hydrogens is 283 g/mol. The number of amides is 1. The summed E-state index contributed by atoms with van der Waals surface area (Å²) in [5, 5.41) is 0. The molecule has 0 spiro atoms. The second kappa shape index (κ2) is 6.01. The van der Waals surface area contributed by atoms with E-state index in [2.05, 4.69) is 9.88 Å². The first-order chi connectivity index (χ1) is 10.6. The summed E-state index contributed by atoms with van der Waals surface area (Å²) in [5.74, 6) is -0.328. The highest BCUT2D eigenvalue weighted by atomic mass is 19.1. The second-order valence-corrected chi connectivity index (χ2v) is 5.23. The maximum Gasteiger partial charge on any atom is 0.272 e. The number of anilines is 2. The minimum Gasteiger partial charge on any atom is -0.397 e. The number of halogens is 1. The molecule has 1 fully saturated rings. The molecule has 1 amide bonds. The molecular formula is C16H17FN4O. The summed E-state index contributed by atoms with van der Waals surface area (Å²) >= 11 is 0. The lowest BCUT2D eigenvalue weighted by Gasteiger charge is -2.36. The molecule has 0 atom stereocenters. The molecule has 0 saturated carbocycles. The van der Waals surface area contributed by atoms with Crippen molar-refractivity contribution in [1.29, 1.82) is 0 Å². The van der Waals surface area contributed by atoms with Gasteiger partial charge in [0.2, 0.25) is 0 Å². The molecule has 0 bridgehead atoms. The zero-order chi connectivity index (χ0) is 15.5. The zero-order valence-electron chi connectivity index (χ0n) is 12.1. The molecule has 22 heavy (non-hydrogen) atoms. The average molecular weight is 300 g/mol. The van der Waals surface area contributed by atoms with Crippen LogP contribution in [0.3, 0.4) is 0 Å². The number of piperazine rings is 1. The molecule has 0 aliphatic carbocycles. The number of nitrogen functional groups attached to an aromatic ring is 1. The number of rotatable bonds is 2. The van der Waals surface area contributed by atoms with Crippen LogP contribution in [0.4, 0.5) is 15.8 Å². The van der Waals surface area contributed by atoms with Gasteiger partial charge in [0.25, 0.3) is 5.91 Å². The van der Waals surface area contributed by atoms with E-state index in [-0.39, 0.29) is 11.7 Å². The summed E-state index contributed by atoms with van der Waals surface area (Å²) in [6, 6.07) is 9.73. The fraction of sp³-hybridized carbons (Fsp3) is 0.250. The summed E-state index contributed by atoms with van der Waals surface area (Å²) in [5.41, 5.74) is 7.50. The van der Waals surface area contributed by atoms with Gasteiger partial charge in [-0.15, -0.1) is 0 Å². The predicted molar refractivity (Wildman–Crippen MR) is 83.2 cm³/mol. The lowest BCUT2D eigenvalue weighted by molar-refractivity contribution is 0.0741. The maximum atomic E-state index is 13.0. The number of carbonyl (C=O) groups is 1. The molecule has 2 N–H and O–H groups in total. The molecule has 114 valence electrons. The molecule has 1 aromatic carbocycles. The van der Waals surface area contributed by atoms with Crippen molar-refractivity contribution in [3.05, 3.63) is 54.1 Å². The third-order valence-corrected chi connectivity index (χ3v) is 3.76. The highest BCUT2D eigenvalue weighted by Gasteiger charge is 2.23. The summed E-state index contributed by atoms with van der Waals surface area (Å²) in [4.78, 5) is 20.3. The van der Waals surface area contributed by atoms with Crippen molar-refractivity contribution < 1.29 is 9.18 Å². The lowest BCUT2D eigenvalue weighted by atomic mass is 10.2. The van der Waals surface area contributed by atoms with Crippen molar-refractivity contribution in [3.63, 3.8) is 0 Å². The van der Waals surface area contributed by atoms with Crippen LogP contribution in [0.2, 0.25) is 0 Å². The minimum atomic E-state index is -0.244. The van der Waals surface area contributed by atoms with E-state index in [1.807, 2.05) is 0 Å². The van der Waals surface area contributed by atoms with Gasteiger partial charge in [-0.3, -0.25) is 4.79 Å². The number of nitrogens with zero attached hydrogens (tertiary/aromatic N) is 3. The van der Waals surface area contributed by atoms with Gasteiger partial charge in [0.15, 0.2) is 0 Å². The highest BCUT2D eigenvalue weighted by molar-refractivity contribution is 5.92. The average Bonchev–Trinajstić information content (AvgIpc) is 2.56. The van der Waals surface area contributed by atoms with Crippen molar-refractivity contribution in [2.75, 3.05) is 36.8 Å². The lowest BCUT2D eigenvalue weighted by Crippen LogP contribution is -2.49. The number of nitrogens with two attached hydrogens (primary N) is 1. The predicted octanol–water partition coefficient (Wildman–Crippen LogP) is 1.77. The normalized spacial score (nSPS) is 15.0. The van der Waals surface area contributed by atoms with Crippen molar-refractivity contribution in [2.45, 2.75) is 0 Å². The Hall–Kier alpha value is -2.63. The van der Waals surface area contributed by atoms with Crippen molar-refractivity contribution in [2.24, 2.45) is 0 Å². The molecule has 2 aromatic rings. The Balaban J connectivity index is 1.62. The Morgan fingerprint density at radius 1 is 1.05 bits per heavy atom. The van der Waals surface area contributed by atoms with Crippen LogP contribution in [0.5, 0.6) is 0 Å². The van der Waals surface area contributed by atoms with Crippen LogP contribution in [0.1, 0.15) is 10.5 Å². The monoisotopic (exact) mass is 300 g/mol. The molecule has 2 heterocycles. The van der Waals surface area contributed by atoms with E-state index in [1.54, 1.807) is 29.2 Å². The molecule has 0 unspecified atom stereocenters. The Bertz CT molecular complexity index is 649. The number of benzene rings is 1. The van der Waals surface area contributed by atoms with Crippen LogP contribution in [0.15, 0.2) is 42.6 Å². The summed E-state index contributed by atoms with van der Waals surface area (Å²) in [7, 11) is 0. The minimum absolute atomic E-state index is 0.0845. The van der Waals surface area contributed by atoms with Gasteiger partial charge in [-0.2, -0.15) is 0 Å². The van der Waals surface area contributed by atoms with E-state index in [0.29, 0.717) is 37.6 Å². The van der Waals surface area contributed by atoms with Gasteiger partial charge in [-0.1, -0.05) is 0 Å². The van der Waals surface area contributed by atoms with E-state index >= 15 is 0 Å². The van der Waals surface area contributed by atoms with Crippen LogP contribution >= 0.6 is 0 Å². The van der Waals surface area contributed by atoms with Crippen LogP contribution in [-0.2, 0) is 0 Å². The Morgan fingerprint density at radius 3 is 2.32 bits per heavy atom. The van der Waals surface area contributed by atoms with Crippen LogP contribution < -0.4 is 10.6 Å². The smallest absolute Gasteiger partial charge is 0.272 e. The van der Waals surface area contributed by atoms with E-state index in [0.717, 1.165) is 5.69 Å². The fourth-order valence-corrected chi connectivity index (χ4v) is 2.51. The van der Waals surface area contributed by atoms with Gasteiger partial charge in [-0.25, -0.2) is 9.37 Å². The SMILES string of the molecule is Nc1ccc(C(=O)N2CCN(c3ccc(F)cc3)CC2)nc1. The van der Waals surface area contributed by atoms with Crippen LogP contribution in [-0.4, -0.2) is 42.0 Å². The Kier molecular flexibility index (Phi) is 3.91. The van der Waals surface area contributed by atoms with E-state index in [4.69, 9.17) is 5.73 Å². The number of hydrogen-bond donors (Lipinski definition) is 1. The standard InChI is InChI=1S/C16H17FN4O/c17-12-1-4-14(5-2-12)20-7-9-21(10-8-20)16(22)15-6-3-13(18)11-19-15/h1-6,11H,7-10,18H2. The molecule has 1 aliphatic heterocycles. The second-order valence-electron chi connectivity index (χ2n) is 5.23. The first-order valence-corrected chi connectivity index (χ1v) is 7.15. The molecule has 5 nitrogen and oxygen atoms in total. The number of aromatic nitrogens is 1. The van der Waals surface area contributed by atoms with Crippen molar-refractivity contribution in [1.82, 2.24) is 9.88 Å². The van der Waals surface area contributed by atoms with E-state index in [9.17, 15) is 9.18 Å². The zero-order valence-corrected chi connectivity index (χ0v) is 12.1. The maximum absolute atomic E-state index is 13.0. The largest absolute Gasteiger partial charge is 0.397 e. The number of carbonyl (C=O) groups excluding carboxylic acids is 1. The Labute approximate surface area is 128 Å². The molecule has 1 aromatic heterocycles. The molecule has 3 rings (SSSR count). The number of hydrogen-bond acceptors (Lipinski definition) is 4. The fourth-order valence-electron chi connectivity index (χ4n) is 2.51. The van der Waals surface area contributed by atoms with E-state index in [1.165, 1.54) is 18.3 Å². The molecule has 1 saturated heterocycles. The summed E-state index contributed by atoms with van der Waals surface area (Å²) in [6.45, 7) is 2.66. The first-order valence-electron chi connectivity index (χ1n) is 7.15. The van der Waals surface area contributed by atoms with Gasteiger partial charge in [0, 0.05) is 31.9 Å². The number of pyridine rings is 1. The van der Waals surface area contributed by atoms with Gasteiger partial charge in [0.1, 0.15) is 11.5 Å². The third kappa shape index (κ3) is 3.00. The van der Waals surface area contributed by atoms with Crippen molar-refractivity contribution in [3.8, 4) is 0 Å². The summed E-state index contributed by atoms with van der Waals surface area (Å²) in [6.07, 6.45) is 1.49. The third-order valence-electron chi connectivity index (χ3n) is 3.76. The molecule has 0 radical (unpaired) electrons.